The number of carbonyl (C=O) groups excluding carboxylic acids is 1. The van der Waals surface area contributed by atoms with Crippen molar-refractivity contribution in [3.8, 4) is 0 Å². The van der Waals surface area contributed by atoms with Crippen molar-refractivity contribution >= 4 is 35.0 Å². The maximum absolute atomic E-state index is 11.0. The fourth-order valence-corrected chi connectivity index (χ4v) is 1.72. The number of carboxylic acid groups (broad SMARTS) is 1. The molecule has 20 heavy (non-hydrogen) atoms. The molecular formula is C13H10ClN3O3. The minimum absolute atomic E-state index is 0.0436. The van der Waals surface area contributed by atoms with E-state index in [1.165, 1.54) is 12.3 Å². The van der Waals surface area contributed by atoms with Crippen LogP contribution in [0.2, 0.25) is 5.02 Å². The van der Waals surface area contributed by atoms with Gasteiger partial charge < -0.3 is 16.2 Å². The van der Waals surface area contributed by atoms with Crippen LogP contribution in [-0.4, -0.2) is 22.0 Å². The molecule has 0 fully saturated rings. The number of carbonyl (C=O) groups is 2. The molecule has 0 saturated carbocycles. The molecule has 102 valence electrons. The van der Waals surface area contributed by atoms with Gasteiger partial charge in [0.15, 0.2) is 0 Å². The summed E-state index contributed by atoms with van der Waals surface area (Å²) in [4.78, 5) is 25.9. The normalized spacial score (nSPS) is 10.1. The minimum atomic E-state index is -1.13. The molecule has 1 heterocycles. The van der Waals surface area contributed by atoms with Gasteiger partial charge in [-0.3, -0.25) is 4.79 Å². The lowest BCUT2D eigenvalue weighted by molar-refractivity contribution is 0.0696. The van der Waals surface area contributed by atoms with Crippen LogP contribution in [0, 0.1) is 0 Å². The number of carboxylic acids is 1. The van der Waals surface area contributed by atoms with Crippen molar-refractivity contribution in [1.29, 1.82) is 0 Å². The Morgan fingerprint density at radius 3 is 2.45 bits per heavy atom. The summed E-state index contributed by atoms with van der Waals surface area (Å²) >= 11 is 5.73. The molecule has 2 rings (SSSR count). The highest BCUT2D eigenvalue weighted by Gasteiger charge is 2.10. The molecule has 0 saturated heterocycles. The predicted molar refractivity (Wildman–Crippen MR) is 74.4 cm³/mol. The zero-order chi connectivity index (χ0) is 14.7. The third kappa shape index (κ3) is 3.04. The Bertz CT molecular complexity index is 671. The maximum Gasteiger partial charge on any atom is 0.337 e. The van der Waals surface area contributed by atoms with Crippen LogP contribution in [0.15, 0.2) is 36.5 Å². The van der Waals surface area contributed by atoms with E-state index in [0.29, 0.717) is 17.1 Å². The highest BCUT2D eigenvalue weighted by molar-refractivity contribution is 6.33. The molecule has 0 unspecified atom stereocenters. The highest BCUT2D eigenvalue weighted by atomic mass is 35.5. The number of primary amides is 1. The van der Waals surface area contributed by atoms with Crippen LogP contribution in [0.25, 0.3) is 0 Å². The van der Waals surface area contributed by atoms with Gasteiger partial charge >= 0.3 is 5.97 Å². The second kappa shape index (κ2) is 5.58. The first-order chi connectivity index (χ1) is 9.47. The van der Waals surface area contributed by atoms with Crippen LogP contribution in [0.4, 0.5) is 11.5 Å². The van der Waals surface area contributed by atoms with E-state index >= 15 is 0 Å². The zero-order valence-electron chi connectivity index (χ0n) is 10.1. The average Bonchev–Trinajstić information content (AvgIpc) is 2.41. The number of hydrogen-bond donors (Lipinski definition) is 3. The molecule has 2 aromatic rings. The summed E-state index contributed by atoms with van der Waals surface area (Å²) in [5, 5.41) is 11.9. The van der Waals surface area contributed by atoms with Gasteiger partial charge in [-0.1, -0.05) is 11.6 Å². The number of anilines is 2. The number of nitrogens with one attached hydrogen (secondary N) is 1. The lowest BCUT2D eigenvalue weighted by Crippen LogP contribution is -2.10. The fourth-order valence-electron chi connectivity index (χ4n) is 1.54. The lowest BCUT2D eigenvalue weighted by atomic mass is 10.2. The molecule has 0 spiro atoms. The van der Waals surface area contributed by atoms with E-state index in [4.69, 9.17) is 22.4 Å². The van der Waals surface area contributed by atoms with E-state index in [0.717, 1.165) is 0 Å². The van der Waals surface area contributed by atoms with Crippen LogP contribution in [0.3, 0.4) is 0 Å². The Hall–Kier alpha value is -2.60. The van der Waals surface area contributed by atoms with Crippen molar-refractivity contribution in [3.05, 3.63) is 52.7 Å². The summed E-state index contributed by atoms with van der Waals surface area (Å²) in [6.07, 6.45) is 1.26. The van der Waals surface area contributed by atoms with Gasteiger partial charge in [-0.05, 0) is 30.3 Å². The third-order valence-corrected chi connectivity index (χ3v) is 2.83. The number of aromatic nitrogens is 1. The number of benzene rings is 1. The molecule has 1 amide bonds. The summed E-state index contributed by atoms with van der Waals surface area (Å²) in [5.74, 6) is -1.32. The van der Waals surface area contributed by atoms with Crippen molar-refractivity contribution in [2.24, 2.45) is 5.73 Å². The van der Waals surface area contributed by atoms with E-state index in [1.54, 1.807) is 24.3 Å². The van der Waals surface area contributed by atoms with Gasteiger partial charge in [0, 0.05) is 17.4 Å². The number of aromatic carboxylic acids is 1. The second-order valence-electron chi connectivity index (χ2n) is 3.92. The Kier molecular flexibility index (Phi) is 3.86. The van der Waals surface area contributed by atoms with Crippen LogP contribution >= 0.6 is 11.6 Å². The van der Waals surface area contributed by atoms with E-state index in [9.17, 15) is 9.59 Å². The van der Waals surface area contributed by atoms with Crippen molar-refractivity contribution in [2.75, 3.05) is 5.32 Å². The van der Waals surface area contributed by atoms with Gasteiger partial charge in [-0.15, -0.1) is 0 Å². The first-order valence-corrected chi connectivity index (χ1v) is 5.91. The Labute approximate surface area is 119 Å². The van der Waals surface area contributed by atoms with Gasteiger partial charge in [-0.2, -0.15) is 0 Å². The Morgan fingerprint density at radius 1 is 1.25 bits per heavy atom. The number of pyridine rings is 1. The van der Waals surface area contributed by atoms with Crippen molar-refractivity contribution in [1.82, 2.24) is 4.98 Å². The third-order valence-electron chi connectivity index (χ3n) is 2.53. The summed E-state index contributed by atoms with van der Waals surface area (Å²) in [6.45, 7) is 0. The molecule has 0 aliphatic carbocycles. The van der Waals surface area contributed by atoms with Crippen LogP contribution in [0.5, 0.6) is 0 Å². The summed E-state index contributed by atoms with van der Waals surface area (Å²) < 4.78 is 0. The predicted octanol–water partition coefficient (Wildman–Crippen LogP) is 2.28. The molecule has 7 heteroatoms. The molecule has 1 aromatic carbocycles. The molecule has 4 N–H and O–H groups in total. The first-order valence-electron chi connectivity index (χ1n) is 5.53. The first kappa shape index (κ1) is 13.8. The number of rotatable bonds is 4. The number of nitrogens with zero attached hydrogens (tertiary/aromatic N) is 1. The number of amides is 1. The fraction of sp³-hybridized carbons (Fsp3) is 0. The van der Waals surface area contributed by atoms with Crippen LogP contribution in [-0.2, 0) is 0 Å². The standard InChI is InChI=1S/C13H10ClN3O3/c14-10-6-16-11(5-9(10)13(19)20)17-8-3-1-7(2-4-8)12(15)18/h1-6H,(H2,15,18)(H,16,17)(H,19,20). The molecular weight excluding hydrogens is 282 g/mol. The van der Waals surface area contributed by atoms with Crippen molar-refractivity contribution < 1.29 is 14.7 Å². The molecule has 6 nitrogen and oxygen atoms in total. The van der Waals surface area contributed by atoms with Crippen LogP contribution < -0.4 is 11.1 Å². The summed E-state index contributed by atoms with van der Waals surface area (Å²) in [6, 6.07) is 7.71. The highest BCUT2D eigenvalue weighted by Crippen LogP contribution is 2.21. The largest absolute Gasteiger partial charge is 0.478 e. The van der Waals surface area contributed by atoms with Gasteiger partial charge in [0.05, 0.1) is 10.6 Å². The van der Waals surface area contributed by atoms with E-state index < -0.39 is 11.9 Å². The van der Waals surface area contributed by atoms with E-state index in [-0.39, 0.29) is 10.6 Å². The molecule has 0 radical (unpaired) electrons. The quantitative estimate of drug-likeness (QED) is 0.801. The molecule has 0 bridgehead atoms. The smallest absolute Gasteiger partial charge is 0.337 e. The number of hydrogen-bond acceptors (Lipinski definition) is 4. The Morgan fingerprint density at radius 2 is 1.90 bits per heavy atom. The molecule has 1 aromatic heterocycles. The minimum Gasteiger partial charge on any atom is -0.478 e. The molecule has 0 atom stereocenters. The van der Waals surface area contributed by atoms with E-state index in [2.05, 4.69) is 10.3 Å². The average molecular weight is 292 g/mol. The molecule has 0 aliphatic rings. The molecule has 0 aliphatic heterocycles. The van der Waals surface area contributed by atoms with Crippen LogP contribution in [0.1, 0.15) is 20.7 Å². The zero-order valence-corrected chi connectivity index (χ0v) is 10.9. The summed E-state index contributed by atoms with van der Waals surface area (Å²) in [5.41, 5.74) is 6.11. The van der Waals surface area contributed by atoms with Crippen molar-refractivity contribution in [2.45, 2.75) is 0 Å². The topological polar surface area (TPSA) is 105 Å². The van der Waals surface area contributed by atoms with Gasteiger partial charge in [0.25, 0.3) is 0 Å². The SMILES string of the molecule is NC(=O)c1ccc(Nc2cc(C(=O)O)c(Cl)cn2)cc1. The van der Waals surface area contributed by atoms with E-state index in [1.807, 2.05) is 0 Å². The summed E-state index contributed by atoms with van der Waals surface area (Å²) in [7, 11) is 0. The van der Waals surface area contributed by atoms with Gasteiger partial charge in [0.2, 0.25) is 5.91 Å². The maximum atomic E-state index is 11.0. The Balaban J connectivity index is 2.23. The van der Waals surface area contributed by atoms with Gasteiger partial charge in [-0.25, -0.2) is 9.78 Å². The monoisotopic (exact) mass is 291 g/mol. The number of halogens is 1. The van der Waals surface area contributed by atoms with Crippen molar-refractivity contribution in [3.63, 3.8) is 0 Å². The number of nitrogens with two attached hydrogens (primary N) is 1. The second-order valence-corrected chi connectivity index (χ2v) is 4.33. The lowest BCUT2D eigenvalue weighted by Gasteiger charge is -2.07. The van der Waals surface area contributed by atoms with Gasteiger partial charge in [0.1, 0.15) is 5.82 Å².